The maximum atomic E-state index is 13.8. The lowest BCUT2D eigenvalue weighted by molar-refractivity contribution is -0.531. The van der Waals surface area contributed by atoms with Gasteiger partial charge in [0, 0.05) is 10.6 Å². The predicted molar refractivity (Wildman–Crippen MR) is 118 cm³/mol. The van der Waals surface area contributed by atoms with Crippen LogP contribution in [0.5, 0.6) is 5.75 Å². The van der Waals surface area contributed by atoms with Crippen molar-refractivity contribution in [2.75, 3.05) is 12.0 Å². The molecule has 2 aromatic carbocycles. The van der Waals surface area contributed by atoms with Crippen molar-refractivity contribution in [1.82, 2.24) is 0 Å². The molecule has 0 spiro atoms. The van der Waals surface area contributed by atoms with E-state index in [1.807, 2.05) is 0 Å². The first-order chi connectivity index (χ1) is 16.2. The van der Waals surface area contributed by atoms with Crippen LogP contribution in [0.15, 0.2) is 77.4 Å². The van der Waals surface area contributed by atoms with Crippen molar-refractivity contribution in [3.05, 3.63) is 94.4 Å². The minimum atomic E-state index is -5.28. The number of anilines is 1. The van der Waals surface area contributed by atoms with Gasteiger partial charge in [-0.2, -0.15) is 13.2 Å². The Balaban J connectivity index is 2.28. The molecule has 0 aliphatic rings. The van der Waals surface area contributed by atoms with Crippen LogP contribution in [0.25, 0.3) is 0 Å². The molecule has 10 heteroatoms. The molecule has 3 rings (SSSR count). The smallest absolute Gasteiger partial charge is 0.471 e. The first kappa shape index (κ1) is 24.8. The van der Waals surface area contributed by atoms with E-state index in [4.69, 9.17) is 9.15 Å². The summed E-state index contributed by atoms with van der Waals surface area (Å²) in [6.07, 6.45) is -3.74. The van der Waals surface area contributed by atoms with E-state index < -0.39 is 35.0 Å². The first-order valence-corrected chi connectivity index (χ1v) is 10.4. The average molecular weight is 476 g/mol. The zero-order chi connectivity index (χ0) is 24.9. The molecular formula is C24H23F3N2O5. The van der Waals surface area contributed by atoms with Crippen molar-refractivity contribution in [3.8, 4) is 5.75 Å². The summed E-state index contributed by atoms with van der Waals surface area (Å²) in [4.78, 5) is 25.0. The lowest BCUT2D eigenvalue weighted by Gasteiger charge is -2.36. The number of benzene rings is 2. The highest BCUT2D eigenvalue weighted by molar-refractivity contribution is 5.98. The fraction of sp³-hybridized carbons (Fsp3) is 0.292. The number of nitrogens with zero attached hydrogens (tertiary/aromatic N) is 2. The highest BCUT2D eigenvalue weighted by atomic mass is 19.4. The molecule has 0 fully saturated rings. The fourth-order valence-electron chi connectivity index (χ4n) is 4.03. The Labute approximate surface area is 193 Å². The summed E-state index contributed by atoms with van der Waals surface area (Å²) in [5.74, 6) is -2.52. The van der Waals surface area contributed by atoms with E-state index >= 15 is 0 Å². The van der Waals surface area contributed by atoms with Gasteiger partial charge in [0.15, 0.2) is 0 Å². The Morgan fingerprint density at radius 3 is 2.21 bits per heavy atom. The quantitative estimate of drug-likeness (QED) is 0.289. The lowest BCUT2D eigenvalue weighted by Crippen LogP contribution is -2.50. The van der Waals surface area contributed by atoms with Gasteiger partial charge in [-0.3, -0.25) is 19.8 Å². The lowest BCUT2D eigenvalue weighted by atomic mass is 9.84. The minimum Gasteiger partial charge on any atom is -0.497 e. The molecule has 1 aromatic heterocycles. The van der Waals surface area contributed by atoms with Crippen molar-refractivity contribution in [2.24, 2.45) is 0 Å². The highest BCUT2D eigenvalue weighted by Crippen LogP contribution is 2.41. The second-order valence-corrected chi connectivity index (χ2v) is 7.53. The molecule has 0 aliphatic heterocycles. The van der Waals surface area contributed by atoms with Crippen LogP contribution in [0.1, 0.15) is 36.6 Å². The summed E-state index contributed by atoms with van der Waals surface area (Å²) in [5.41, 5.74) is 0.0285. The van der Waals surface area contributed by atoms with Crippen LogP contribution in [-0.4, -0.2) is 30.2 Å². The molecule has 0 saturated heterocycles. The molecule has 7 nitrogen and oxygen atoms in total. The number of amides is 1. The zero-order valence-corrected chi connectivity index (χ0v) is 18.4. The molecule has 1 heterocycles. The molecule has 0 unspecified atom stereocenters. The van der Waals surface area contributed by atoms with Crippen LogP contribution in [0.3, 0.4) is 0 Å². The number of carbonyl (C=O) groups is 1. The van der Waals surface area contributed by atoms with E-state index in [-0.39, 0.29) is 23.4 Å². The van der Waals surface area contributed by atoms with E-state index in [1.54, 1.807) is 31.2 Å². The molecule has 180 valence electrons. The maximum absolute atomic E-state index is 13.8. The molecule has 0 N–H and O–H groups in total. The predicted octanol–water partition coefficient (Wildman–Crippen LogP) is 5.76. The third-order valence-electron chi connectivity index (χ3n) is 5.56. The summed E-state index contributed by atoms with van der Waals surface area (Å²) in [7, 11) is 1.39. The summed E-state index contributed by atoms with van der Waals surface area (Å²) in [5, 5.41) is 12.4. The fourth-order valence-corrected chi connectivity index (χ4v) is 4.03. The standard InChI is InChI=1S/C24H23F3N2O5/c1-3-19(20-10-7-15-34-20)22(29(31)32)21(16-8-5-4-6-9-16)28(23(30)24(25,26)27)17-11-13-18(33-2)14-12-17/h4-15,19,21-22H,3H2,1-2H3/t19-,21-,22+/m0/s1. The third kappa shape index (κ3) is 5.22. The molecular weight excluding hydrogens is 453 g/mol. The summed E-state index contributed by atoms with van der Waals surface area (Å²) < 4.78 is 51.9. The monoisotopic (exact) mass is 476 g/mol. The number of furan rings is 1. The SMILES string of the molecule is CC[C@@H](c1ccco1)[C@H]([C@H](c1ccccc1)N(C(=O)C(F)(F)F)c1ccc(OC)cc1)[N+](=O)[O-]. The van der Waals surface area contributed by atoms with Crippen LogP contribution in [0, 0.1) is 10.1 Å². The number of halogens is 3. The van der Waals surface area contributed by atoms with E-state index in [1.165, 1.54) is 55.8 Å². The van der Waals surface area contributed by atoms with Crippen LogP contribution in [0.4, 0.5) is 18.9 Å². The zero-order valence-electron chi connectivity index (χ0n) is 18.4. The Kier molecular flexibility index (Phi) is 7.60. The molecule has 3 aromatic rings. The molecule has 0 radical (unpaired) electrons. The van der Waals surface area contributed by atoms with Gasteiger partial charge in [-0.1, -0.05) is 37.3 Å². The van der Waals surface area contributed by atoms with Crippen molar-refractivity contribution in [2.45, 2.75) is 37.5 Å². The topological polar surface area (TPSA) is 85.8 Å². The number of rotatable bonds is 9. The third-order valence-corrected chi connectivity index (χ3v) is 5.56. The van der Waals surface area contributed by atoms with Crippen LogP contribution < -0.4 is 9.64 Å². The van der Waals surface area contributed by atoms with E-state index in [2.05, 4.69) is 0 Å². The van der Waals surface area contributed by atoms with Gasteiger partial charge in [0.05, 0.1) is 19.3 Å². The second-order valence-electron chi connectivity index (χ2n) is 7.53. The number of carbonyl (C=O) groups excluding carboxylic acids is 1. The van der Waals surface area contributed by atoms with Gasteiger partial charge < -0.3 is 9.15 Å². The van der Waals surface area contributed by atoms with Crippen LogP contribution >= 0.6 is 0 Å². The van der Waals surface area contributed by atoms with Crippen molar-refractivity contribution < 1.29 is 32.0 Å². The van der Waals surface area contributed by atoms with Gasteiger partial charge in [0.2, 0.25) is 6.04 Å². The number of methoxy groups -OCH3 is 1. The number of ether oxygens (including phenoxy) is 1. The molecule has 0 aliphatic carbocycles. The molecule has 3 atom stereocenters. The van der Waals surface area contributed by atoms with Crippen LogP contribution in [0.2, 0.25) is 0 Å². The normalized spacial score (nSPS) is 14.1. The van der Waals surface area contributed by atoms with Gasteiger partial charge in [0.1, 0.15) is 17.6 Å². The van der Waals surface area contributed by atoms with Crippen molar-refractivity contribution >= 4 is 11.6 Å². The molecule has 34 heavy (non-hydrogen) atoms. The Hall–Kier alpha value is -3.82. The highest BCUT2D eigenvalue weighted by Gasteiger charge is 2.52. The number of hydrogen-bond acceptors (Lipinski definition) is 5. The number of hydrogen-bond donors (Lipinski definition) is 0. The van der Waals surface area contributed by atoms with E-state index in [0.717, 1.165) is 0 Å². The van der Waals surface area contributed by atoms with Gasteiger partial charge in [-0.25, -0.2) is 0 Å². The van der Waals surface area contributed by atoms with Gasteiger partial charge in [-0.15, -0.1) is 0 Å². The number of nitro groups is 1. The molecule has 1 amide bonds. The maximum Gasteiger partial charge on any atom is 0.471 e. The summed E-state index contributed by atoms with van der Waals surface area (Å²) in [6.45, 7) is 1.68. The summed E-state index contributed by atoms with van der Waals surface area (Å²) >= 11 is 0. The van der Waals surface area contributed by atoms with Gasteiger partial charge in [0.25, 0.3) is 0 Å². The minimum absolute atomic E-state index is 0.155. The number of alkyl halides is 3. The molecule has 0 bridgehead atoms. The second kappa shape index (κ2) is 10.4. The van der Waals surface area contributed by atoms with Crippen LogP contribution in [-0.2, 0) is 4.79 Å². The van der Waals surface area contributed by atoms with Gasteiger partial charge >= 0.3 is 12.1 Å². The summed E-state index contributed by atoms with van der Waals surface area (Å²) in [6, 6.07) is 12.8. The van der Waals surface area contributed by atoms with E-state index in [0.29, 0.717) is 10.6 Å². The average Bonchev–Trinajstić information content (AvgIpc) is 3.35. The van der Waals surface area contributed by atoms with Crippen molar-refractivity contribution in [3.63, 3.8) is 0 Å². The van der Waals surface area contributed by atoms with Gasteiger partial charge in [-0.05, 0) is 48.4 Å². The Bertz CT molecular complexity index is 1090. The van der Waals surface area contributed by atoms with E-state index in [9.17, 15) is 28.1 Å². The largest absolute Gasteiger partial charge is 0.497 e. The Morgan fingerprint density at radius 1 is 1.09 bits per heavy atom. The van der Waals surface area contributed by atoms with Crippen molar-refractivity contribution in [1.29, 1.82) is 0 Å². The molecule has 0 saturated carbocycles. The Morgan fingerprint density at radius 2 is 1.74 bits per heavy atom. The first-order valence-electron chi connectivity index (χ1n) is 10.4.